The molecule has 1 rings (SSSR count). The molecule has 0 radical (unpaired) electrons. The molecule has 1 heterocycles. The average Bonchev–Trinajstić information content (AvgIpc) is 1.90. The van der Waals surface area contributed by atoms with Crippen molar-refractivity contribution >= 4 is 0 Å². The standard InChI is InChI=1S/C6H12O2.CH4/c1-7-6-4-2-3-5-8-6;/h6H,2-5H2,1H3;1H4. The number of rotatable bonds is 1. The van der Waals surface area contributed by atoms with Crippen LogP contribution in [-0.2, 0) is 9.47 Å². The van der Waals surface area contributed by atoms with Gasteiger partial charge in [0.05, 0.1) is 0 Å². The molecule has 0 aliphatic carbocycles. The molecule has 1 fully saturated rings. The smallest absolute Gasteiger partial charge is 0.157 e. The van der Waals surface area contributed by atoms with Crippen LogP contribution in [0.15, 0.2) is 0 Å². The Kier molecular flexibility index (Phi) is 4.72. The molecule has 1 saturated heterocycles. The first-order chi connectivity index (χ1) is 3.93. The van der Waals surface area contributed by atoms with Crippen LogP contribution in [0.25, 0.3) is 0 Å². The first-order valence-corrected chi connectivity index (χ1v) is 3.08. The van der Waals surface area contributed by atoms with E-state index in [2.05, 4.69) is 0 Å². The quantitative estimate of drug-likeness (QED) is 0.541. The van der Waals surface area contributed by atoms with E-state index in [0.29, 0.717) is 0 Å². The lowest BCUT2D eigenvalue weighted by Gasteiger charge is -2.20. The molecule has 0 N–H and O–H groups in total. The highest BCUT2D eigenvalue weighted by Gasteiger charge is 2.10. The third-order valence-electron chi connectivity index (χ3n) is 1.40. The Labute approximate surface area is 57.2 Å². The summed E-state index contributed by atoms with van der Waals surface area (Å²) in [4.78, 5) is 0. The Morgan fingerprint density at radius 1 is 1.44 bits per heavy atom. The van der Waals surface area contributed by atoms with Gasteiger partial charge in [-0.15, -0.1) is 0 Å². The minimum absolute atomic E-state index is 0. The second-order valence-electron chi connectivity index (χ2n) is 2.03. The SMILES string of the molecule is C.COC1CCCCO1. The van der Waals surface area contributed by atoms with Crippen LogP contribution < -0.4 is 0 Å². The summed E-state index contributed by atoms with van der Waals surface area (Å²) >= 11 is 0. The van der Waals surface area contributed by atoms with Crippen molar-refractivity contribution in [3.05, 3.63) is 0 Å². The second kappa shape index (κ2) is 4.77. The van der Waals surface area contributed by atoms with Crippen molar-refractivity contribution in [2.45, 2.75) is 33.0 Å². The molecule has 56 valence electrons. The van der Waals surface area contributed by atoms with Crippen LogP contribution in [0, 0.1) is 0 Å². The van der Waals surface area contributed by atoms with Gasteiger partial charge < -0.3 is 9.47 Å². The molecule has 0 aromatic carbocycles. The van der Waals surface area contributed by atoms with Crippen LogP contribution in [0.5, 0.6) is 0 Å². The molecule has 1 unspecified atom stereocenters. The summed E-state index contributed by atoms with van der Waals surface area (Å²) in [5.74, 6) is 0. The Hall–Kier alpha value is -0.0800. The summed E-state index contributed by atoms with van der Waals surface area (Å²) in [6.07, 6.45) is 3.60. The van der Waals surface area contributed by atoms with Crippen molar-refractivity contribution in [1.82, 2.24) is 0 Å². The van der Waals surface area contributed by atoms with Crippen LogP contribution in [0.1, 0.15) is 26.7 Å². The maximum absolute atomic E-state index is 5.20. The number of ether oxygens (including phenoxy) is 2. The largest absolute Gasteiger partial charge is 0.356 e. The van der Waals surface area contributed by atoms with Crippen LogP contribution >= 0.6 is 0 Å². The van der Waals surface area contributed by atoms with Gasteiger partial charge in [0, 0.05) is 13.7 Å². The van der Waals surface area contributed by atoms with Gasteiger partial charge in [0.25, 0.3) is 0 Å². The predicted octanol–water partition coefficient (Wildman–Crippen LogP) is 1.80. The highest BCUT2D eigenvalue weighted by atomic mass is 16.7. The van der Waals surface area contributed by atoms with E-state index in [1.54, 1.807) is 7.11 Å². The van der Waals surface area contributed by atoms with Gasteiger partial charge in [-0.25, -0.2) is 0 Å². The summed E-state index contributed by atoms with van der Waals surface area (Å²) in [6, 6.07) is 0. The molecule has 2 heteroatoms. The van der Waals surface area contributed by atoms with E-state index in [9.17, 15) is 0 Å². The Balaban J connectivity index is 0.000000640. The molecule has 2 nitrogen and oxygen atoms in total. The fourth-order valence-corrected chi connectivity index (χ4v) is 0.897. The van der Waals surface area contributed by atoms with E-state index >= 15 is 0 Å². The zero-order chi connectivity index (χ0) is 5.82. The van der Waals surface area contributed by atoms with Crippen molar-refractivity contribution < 1.29 is 9.47 Å². The van der Waals surface area contributed by atoms with Crippen LogP contribution in [0.2, 0.25) is 0 Å². The van der Waals surface area contributed by atoms with E-state index in [-0.39, 0.29) is 13.7 Å². The summed E-state index contributed by atoms with van der Waals surface area (Å²) in [5, 5.41) is 0. The zero-order valence-electron chi connectivity index (χ0n) is 5.22. The predicted molar refractivity (Wildman–Crippen MR) is 37.3 cm³/mol. The monoisotopic (exact) mass is 132 g/mol. The van der Waals surface area contributed by atoms with Gasteiger partial charge in [-0.1, -0.05) is 7.43 Å². The van der Waals surface area contributed by atoms with Crippen molar-refractivity contribution in [2.24, 2.45) is 0 Å². The van der Waals surface area contributed by atoms with Gasteiger partial charge in [-0.3, -0.25) is 0 Å². The maximum Gasteiger partial charge on any atom is 0.157 e. The fourth-order valence-electron chi connectivity index (χ4n) is 0.897. The molecule has 0 aromatic heterocycles. The molecule has 0 saturated carbocycles. The Morgan fingerprint density at radius 3 is 2.56 bits per heavy atom. The number of hydrogen-bond acceptors (Lipinski definition) is 2. The van der Waals surface area contributed by atoms with Gasteiger partial charge in [0.1, 0.15) is 0 Å². The molecule has 0 aromatic rings. The van der Waals surface area contributed by atoms with E-state index in [4.69, 9.17) is 9.47 Å². The van der Waals surface area contributed by atoms with Gasteiger partial charge in [0.15, 0.2) is 6.29 Å². The lowest BCUT2D eigenvalue weighted by molar-refractivity contribution is -0.145. The topological polar surface area (TPSA) is 18.5 Å². The van der Waals surface area contributed by atoms with Crippen LogP contribution in [-0.4, -0.2) is 20.0 Å². The average molecular weight is 132 g/mol. The summed E-state index contributed by atoms with van der Waals surface area (Å²) in [6.45, 7) is 0.874. The minimum atomic E-state index is 0. The Bertz CT molecular complexity index is 57.9. The Morgan fingerprint density at radius 2 is 2.22 bits per heavy atom. The maximum atomic E-state index is 5.20. The molecular weight excluding hydrogens is 116 g/mol. The molecule has 1 aliphatic rings. The molecule has 1 aliphatic heterocycles. The van der Waals surface area contributed by atoms with Crippen LogP contribution in [0.4, 0.5) is 0 Å². The number of hydrogen-bond donors (Lipinski definition) is 0. The molecule has 9 heavy (non-hydrogen) atoms. The third-order valence-corrected chi connectivity index (χ3v) is 1.40. The van der Waals surface area contributed by atoms with Crippen LogP contribution in [0.3, 0.4) is 0 Å². The van der Waals surface area contributed by atoms with Gasteiger partial charge in [-0.05, 0) is 19.3 Å². The van der Waals surface area contributed by atoms with Crippen molar-refractivity contribution in [3.63, 3.8) is 0 Å². The van der Waals surface area contributed by atoms with Crippen molar-refractivity contribution in [2.75, 3.05) is 13.7 Å². The van der Waals surface area contributed by atoms with Crippen molar-refractivity contribution in [3.8, 4) is 0 Å². The zero-order valence-corrected chi connectivity index (χ0v) is 5.22. The summed E-state index contributed by atoms with van der Waals surface area (Å²) in [7, 11) is 1.69. The lowest BCUT2D eigenvalue weighted by atomic mass is 10.2. The fraction of sp³-hybridized carbons (Fsp3) is 1.00. The molecule has 0 spiro atoms. The van der Waals surface area contributed by atoms with E-state index in [1.807, 2.05) is 0 Å². The minimum Gasteiger partial charge on any atom is -0.356 e. The molecule has 0 bridgehead atoms. The summed E-state index contributed by atoms with van der Waals surface area (Å²) < 4.78 is 10.2. The van der Waals surface area contributed by atoms with Gasteiger partial charge in [0.2, 0.25) is 0 Å². The second-order valence-corrected chi connectivity index (χ2v) is 2.03. The highest BCUT2D eigenvalue weighted by molar-refractivity contribution is 4.52. The molecule has 0 amide bonds. The molecule has 1 atom stereocenters. The van der Waals surface area contributed by atoms with E-state index in [1.165, 1.54) is 12.8 Å². The summed E-state index contributed by atoms with van der Waals surface area (Å²) in [5.41, 5.74) is 0. The lowest BCUT2D eigenvalue weighted by Crippen LogP contribution is -2.20. The van der Waals surface area contributed by atoms with E-state index < -0.39 is 0 Å². The number of methoxy groups -OCH3 is 1. The normalized spacial score (nSPS) is 27.0. The highest BCUT2D eigenvalue weighted by Crippen LogP contribution is 2.11. The first kappa shape index (κ1) is 8.92. The van der Waals surface area contributed by atoms with Gasteiger partial charge in [-0.2, -0.15) is 0 Å². The third kappa shape index (κ3) is 2.82. The van der Waals surface area contributed by atoms with Gasteiger partial charge >= 0.3 is 0 Å². The first-order valence-electron chi connectivity index (χ1n) is 3.08. The van der Waals surface area contributed by atoms with E-state index in [0.717, 1.165) is 13.0 Å². The van der Waals surface area contributed by atoms with Crippen molar-refractivity contribution in [1.29, 1.82) is 0 Å². The molecular formula is C7H16O2.